The van der Waals surface area contributed by atoms with E-state index in [4.69, 9.17) is 9.84 Å². The third-order valence-corrected chi connectivity index (χ3v) is 6.88. The largest absolute Gasteiger partial charge is 0.474 e. The quantitative estimate of drug-likeness (QED) is 0.192. The molecule has 5 N–H and O–H groups in total. The zero-order chi connectivity index (χ0) is 27.5. The first-order chi connectivity index (χ1) is 18.8. The van der Waals surface area contributed by atoms with Crippen LogP contribution in [0.2, 0.25) is 0 Å². The van der Waals surface area contributed by atoms with E-state index in [1.165, 1.54) is 0 Å². The first kappa shape index (κ1) is 25.5. The lowest BCUT2D eigenvalue weighted by molar-refractivity contribution is -0.151. The number of aromatic nitrogens is 1. The molecule has 10 heteroatoms. The predicted octanol–water partition coefficient (Wildman–Crippen LogP) is 3.16. The van der Waals surface area contributed by atoms with Crippen LogP contribution >= 0.6 is 0 Å². The van der Waals surface area contributed by atoms with E-state index in [2.05, 4.69) is 21.2 Å². The van der Waals surface area contributed by atoms with Crippen molar-refractivity contribution in [1.29, 1.82) is 0 Å². The van der Waals surface area contributed by atoms with Gasteiger partial charge in [0, 0.05) is 29.4 Å². The average Bonchev–Trinajstić information content (AvgIpc) is 3.50. The predicted molar refractivity (Wildman–Crippen MR) is 143 cm³/mol. The number of para-hydroxylation sites is 1. The monoisotopic (exact) mass is 526 g/mol. The van der Waals surface area contributed by atoms with Crippen molar-refractivity contribution in [3.63, 3.8) is 0 Å². The van der Waals surface area contributed by atoms with Gasteiger partial charge in [0.25, 0.3) is 5.91 Å². The fourth-order valence-electron chi connectivity index (χ4n) is 5.02. The maximum absolute atomic E-state index is 12.9. The van der Waals surface area contributed by atoms with Gasteiger partial charge in [-0.2, -0.15) is 0 Å². The molecule has 0 saturated heterocycles. The molecule has 0 fully saturated rings. The molecule has 0 saturated carbocycles. The number of ether oxygens (including phenoxy) is 1. The fraction of sp³-hybridized carbons (Fsp3) is 0.172. The van der Waals surface area contributed by atoms with Crippen molar-refractivity contribution in [3.8, 4) is 11.1 Å². The molecule has 0 spiro atoms. The van der Waals surface area contributed by atoms with Gasteiger partial charge in [0.2, 0.25) is 0 Å². The minimum absolute atomic E-state index is 0.0132. The maximum atomic E-state index is 12.9. The van der Waals surface area contributed by atoms with E-state index in [0.717, 1.165) is 38.7 Å². The molecule has 3 amide bonds. The Morgan fingerprint density at radius 1 is 0.923 bits per heavy atom. The summed E-state index contributed by atoms with van der Waals surface area (Å²) in [4.78, 5) is 51.5. The Balaban J connectivity index is 1.23. The Morgan fingerprint density at radius 2 is 1.59 bits per heavy atom. The van der Waals surface area contributed by atoms with Gasteiger partial charge in [-0.05, 0) is 40.3 Å². The summed E-state index contributed by atoms with van der Waals surface area (Å²) in [6.07, 6.45) is 0.793. The number of rotatable bonds is 6. The number of hydrogen-bond acceptors (Lipinski definition) is 5. The molecule has 1 aliphatic rings. The smallest absolute Gasteiger partial charge is 0.426 e. The Hall–Kier alpha value is -5.12. The van der Waals surface area contributed by atoms with Crippen LogP contribution in [0.15, 0.2) is 72.9 Å². The van der Waals surface area contributed by atoms with Crippen LogP contribution in [0.3, 0.4) is 0 Å². The van der Waals surface area contributed by atoms with Gasteiger partial charge in [-0.3, -0.25) is 15.0 Å². The summed E-state index contributed by atoms with van der Waals surface area (Å²) in [6.45, 7) is 1.97. The van der Waals surface area contributed by atoms with Crippen LogP contribution in [0, 0.1) is 6.92 Å². The second kappa shape index (κ2) is 10.7. The highest BCUT2D eigenvalue weighted by molar-refractivity contribution is 6.32. The molecule has 0 radical (unpaired) electrons. The standard InChI is InChI=1S/C29H26N4O6/c1-16-7-6-12-18-17(14-30-25(16)18)13-24(31-27(35)28(36)37)26(34)32-33-29(38)39-15-23-21-10-4-2-8-19(21)20-9-3-5-11-22(20)23/h2-12,14,23-24,30H,13,15H2,1H3,(H,31,35)(H,32,34)(H,33,38)(H,36,37). The lowest BCUT2D eigenvalue weighted by Crippen LogP contribution is -2.54. The van der Waals surface area contributed by atoms with Crippen molar-refractivity contribution in [2.45, 2.75) is 25.3 Å². The Kier molecular flexibility index (Phi) is 7.00. The summed E-state index contributed by atoms with van der Waals surface area (Å²) in [6, 6.07) is 20.2. The Bertz CT molecular complexity index is 1550. The number of hydrazine groups is 1. The number of carboxylic acid groups (broad SMARTS) is 1. The molecule has 1 aromatic heterocycles. The molecular formula is C29H26N4O6. The summed E-state index contributed by atoms with van der Waals surface area (Å²) in [5.41, 5.74) is 11.2. The van der Waals surface area contributed by atoms with Crippen LogP contribution < -0.4 is 16.2 Å². The van der Waals surface area contributed by atoms with E-state index < -0.39 is 29.9 Å². The molecule has 3 aromatic carbocycles. The van der Waals surface area contributed by atoms with Gasteiger partial charge >= 0.3 is 18.0 Å². The number of benzene rings is 3. The summed E-state index contributed by atoms with van der Waals surface area (Å²) in [5.74, 6) is -4.04. The topological polar surface area (TPSA) is 150 Å². The third kappa shape index (κ3) is 5.17. The Morgan fingerprint density at radius 3 is 2.26 bits per heavy atom. The highest BCUT2D eigenvalue weighted by atomic mass is 16.6. The molecule has 1 aliphatic carbocycles. The number of amides is 3. The van der Waals surface area contributed by atoms with Crippen LogP contribution in [0.1, 0.15) is 28.2 Å². The normalized spacial score (nSPS) is 12.7. The zero-order valence-corrected chi connectivity index (χ0v) is 21.0. The molecule has 39 heavy (non-hydrogen) atoms. The van der Waals surface area contributed by atoms with Crippen molar-refractivity contribution in [3.05, 3.63) is 95.2 Å². The summed E-state index contributed by atoms with van der Waals surface area (Å²) in [7, 11) is 0. The molecular weight excluding hydrogens is 500 g/mol. The van der Waals surface area contributed by atoms with Crippen molar-refractivity contribution in [1.82, 2.24) is 21.2 Å². The molecule has 198 valence electrons. The number of fused-ring (bicyclic) bond motifs is 4. The molecule has 1 unspecified atom stereocenters. The Labute approximate surface area is 223 Å². The number of carboxylic acids is 1. The second-order valence-corrected chi connectivity index (χ2v) is 9.29. The summed E-state index contributed by atoms with van der Waals surface area (Å²) >= 11 is 0. The van der Waals surface area contributed by atoms with Crippen molar-refractivity contribution < 1.29 is 29.0 Å². The number of H-pyrrole nitrogens is 1. The van der Waals surface area contributed by atoms with Gasteiger partial charge < -0.3 is 20.1 Å². The highest BCUT2D eigenvalue weighted by Crippen LogP contribution is 2.44. The van der Waals surface area contributed by atoms with Crippen molar-refractivity contribution >= 4 is 34.8 Å². The van der Waals surface area contributed by atoms with E-state index in [9.17, 15) is 19.2 Å². The summed E-state index contributed by atoms with van der Waals surface area (Å²) < 4.78 is 5.41. The highest BCUT2D eigenvalue weighted by Gasteiger charge is 2.30. The lowest BCUT2D eigenvalue weighted by Gasteiger charge is -2.18. The molecule has 0 aliphatic heterocycles. The van der Waals surface area contributed by atoms with Gasteiger partial charge in [-0.15, -0.1) is 0 Å². The summed E-state index contributed by atoms with van der Waals surface area (Å²) in [5, 5.41) is 12.1. The van der Waals surface area contributed by atoms with Crippen LogP contribution in [-0.2, 0) is 25.5 Å². The fourth-order valence-corrected chi connectivity index (χ4v) is 5.02. The molecule has 10 nitrogen and oxygen atoms in total. The van der Waals surface area contributed by atoms with Gasteiger partial charge in [0.05, 0.1) is 0 Å². The minimum atomic E-state index is -1.73. The van der Waals surface area contributed by atoms with Gasteiger partial charge in [0.15, 0.2) is 0 Å². The molecule has 1 atom stereocenters. The number of aryl methyl sites for hydroxylation is 1. The minimum Gasteiger partial charge on any atom is -0.474 e. The number of aliphatic carboxylic acids is 1. The molecule has 1 heterocycles. The molecule has 5 rings (SSSR count). The number of aromatic amines is 1. The van der Waals surface area contributed by atoms with Gasteiger partial charge in [-0.25, -0.2) is 15.0 Å². The van der Waals surface area contributed by atoms with E-state index in [1.54, 1.807) is 6.20 Å². The van der Waals surface area contributed by atoms with E-state index in [-0.39, 0.29) is 18.9 Å². The third-order valence-electron chi connectivity index (χ3n) is 6.88. The average molecular weight is 527 g/mol. The number of carbonyl (C=O) groups is 4. The number of nitrogens with one attached hydrogen (secondary N) is 4. The van der Waals surface area contributed by atoms with Crippen LogP contribution in [-0.4, -0.2) is 46.6 Å². The van der Waals surface area contributed by atoms with E-state index in [0.29, 0.717) is 5.56 Å². The van der Waals surface area contributed by atoms with Crippen molar-refractivity contribution in [2.24, 2.45) is 0 Å². The van der Waals surface area contributed by atoms with Crippen molar-refractivity contribution in [2.75, 3.05) is 6.61 Å². The van der Waals surface area contributed by atoms with E-state index in [1.807, 2.05) is 73.7 Å². The molecule has 0 bridgehead atoms. The van der Waals surface area contributed by atoms with Crippen LogP contribution in [0.5, 0.6) is 0 Å². The maximum Gasteiger partial charge on any atom is 0.426 e. The van der Waals surface area contributed by atoms with Crippen LogP contribution in [0.4, 0.5) is 4.79 Å². The molecule has 4 aromatic rings. The van der Waals surface area contributed by atoms with E-state index >= 15 is 0 Å². The number of hydrogen-bond donors (Lipinski definition) is 5. The van der Waals surface area contributed by atoms with Crippen LogP contribution in [0.25, 0.3) is 22.0 Å². The first-order valence-corrected chi connectivity index (χ1v) is 12.3. The first-order valence-electron chi connectivity index (χ1n) is 12.3. The van der Waals surface area contributed by atoms with Gasteiger partial charge in [-0.1, -0.05) is 66.7 Å². The number of carbonyl (C=O) groups excluding carboxylic acids is 3. The lowest BCUT2D eigenvalue weighted by atomic mass is 9.98. The van der Waals surface area contributed by atoms with Gasteiger partial charge in [0.1, 0.15) is 12.6 Å². The SMILES string of the molecule is Cc1cccc2c(CC(NC(=O)C(=O)O)C(=O)NNC(=O)OCC3c4ccccc4-c4ccccc43)c[nH]c12. The zero-order valence-electron chi connectivity index (χ0n) is 21.0. The second-order valence-electron chi connectivity index (χ2n) is 9.29.